The molecule has 2 aromatic carbocycles. The molecule has 0 fully saturated rings. The lowest BCUT2D eigenvalue weighted by atomic mass is 9.83. The molecule has 0 radical (unpaired) electrons. The molecule has 0 unspecified atom stereocenters. The van der Waals surface area contributed by atoms with Crippen molar-refractivity contribution in [3.05, 3.63) is 86.5 Å². The SMILES string of the molecule is COC(=O)C1=C(N)Oc2c(c(=O)sc3ccccc23)[C@H]1c1ccc(F)cc1. The highest BCUT2D eigenvalue weighted by Gasteiger charge is 2.38. The molecule has 0 amide bonds. The monoisotopic (exact) mass is 383 g/mol. The Hall–Kier alpha value is -3.19. The fourth-order valence-corrected chi connectivity index (χ4v) is 4.20. The van der Waals surface area contributed by atoms with E-state index in [1.54, 1.807) is 0 Å². The zero-order valence-corrected chi connectivity index (χ0v) is 15.0. The van der Waals surface area contributed by atoms with Crippen LogP contribution in [0.25, 0.3) is 10.1 Å². The smallest absolute Gasteiger partial charge is 0.340 e. The van der Waals surface area contributed by atoms with Crippen molar-refractivity contribution < 1.29 is 18.7 Å². The van der Waals surface area contributed by atoms with Crippen molar-refractivity contribution in [3.8, 4) is 5.75 Å². The summed E-state index contributed by atoms with van der Waals surface area (Å²) in [5.41, 5.74) is 6.91. The van der Waals surface area contributed by atoms with Crippen LogP contribution in [0.4, 0.5) is 4.39 Å². The third-order valence-corrected chi connectivity index (χ3v) is 5.44. The molecule has 0 aliphatic carbocycles. The maximum Gasteiger partial charge on any atom is 0.340 e. The second-order valence-electron chi connectivity index (χ2n) is 5.98. The van der Waals surface area contributed by atoms with Crippen molar-refractivity contribution in [1.29, 1.82) is 0 Å². The molecule has 1 aliphatic rings. The number of esters is 1. The minimum Gasteiger partial charge on any atom is -0.465 e. The fraction of sp³-hybridized carbons (Fsp3) is 0.100. The zero-order chi connectivity index (χ0) is 19.1. The van der Waals surface area contributed by atoms with E-state index in [1.807, 2.05) is 24.3 Å². The van der Waals surface area contributed by atoms with Crippen molar-refractivity contribution in [1.82, 2.24) is 0 Å². The fourth-order valence-electron chi connectivity index (χ4n) is 3.26. The van der Waals surface area contributed by atoms with E-state index in [0.29, 0.717) is 16.9 Å². The van der Waals surface area contributed by atoms with Gasteiger partial charge < -0.3 is 15.2 Å². The number of benzene rings is 2. The lowest BCUT2D eigenvalue weighted by Gasteiger charge is -2.28. The minimum absolute atomic E-state index is 0.0242. The second-order valence-corrected chi connectivity index (χ2v) is 7.00. The average molecular weight is 383 g/mol. The van der Waals surface area contributed by atoms with Crippen LogP contribution in [0.15, 0.2) is 64.8 Å². The van der Waals surface area contributed by atoms with E-state index in [2.05, 4.69) is 0 Å². The van der Waals surface area contributed by atoms with Gasteiger partial charge in [-0.15, -0.1) is 0 Å². The Morgan fingerprint density at radius 3 is 2.59 bits per heavy atom. The average Bonchev–Trinajstić information content (AvgIpc) is 2.67. The van der Waals surface area contributed by atoms with Gasteiger partial charge in [-0.2, -0.15) is 0 Å². The van der Waals surface area contributed by atoms with Gasteiger partial charge in [0.05, 0.1) is 18.6 Å². The number of nitrogens with two attached hydrogens (primary N) is 1. The molecule has 1 aromatic heterocycles. The molecule has 1 atom stereocenters. The predicted octanol–water partition coefficient (Wildman–Crippen LogP) is 3.27. The first-order chi connectivity index (χ1) is 13.0. The quantitative estimate of drug-likeness (QED) is 0.687. The molecule has 3 aromatic rings. The van der Waals surface area contributed by atoms with Gasteiger partial charge in [0, 0.05) is 10.1 Å². The maximum absolute atomic E-state index is 13.4. The van der Waals surface area contributed by atoms with E-state index < -0.39 is 17.7 Å². The molecule has 7 heteroatoms. The summed E-state index contributed by atoms with van der Waals surface area (Å²) in [6.45, 7) is 0. The van der Waals surface area contributed by atoms with Crippen molar-refractivity contribution in [2.24, 2.45) is 5.73 Å². The Morgan fingerprint density at radius 1 is 1.19 bits per heavy atom. The molecule has 2 N–H and O–H groups in total. The summed E-state index contributed by atoms with van der Waals surface area (Å²) in [6.07, 6.45) is 0. The van der Waals surface area contributed by atoms with Crippen LogP contribution in [0.5, 0.6) is 5.75 Å². The third-order valence-electron chi connectivity index (χ3n) is 4.46. The van der Waals surface area contributed by atoms with Crippen molar-refractivity contribution >= 4 is 27.4 Å². The number of hydrogen-bond donors (Lipinski definition) is 1. The largest absolute Gasteiger partial charge is 0.465 e. The molecule has 5 nitrogen and oxygen atoms in total. The van der Waals surface area contributed by atoms with E-state index in [1.165, 1.54) is 31.4 Å². The summed E-state index contributed by atoms with van der Waals surface area (Å²) < 4.78 is 24.5. The molecule has 0 saturated heterocycles. The lowest BCUT2D eigenvalue weighted by Crippen LogP contribution is -2.30. The number of rotatable bonds is 2. The van der Waals surface area contributed by atoms with Crippen LogP contribution in [0.2, 0.25) is 0 Å². The van der Waals surface area contributed by atoms with Crippen molar-refractivity contribution in [2.75, 3.05) is 7.11 Å². The highest BCUT2D eigenvalue weighted by molar-refractivity contribution is 7.16. The van der Waals surface area contributed by atoms with E-state index in [0.717, 1.165) is 21.4 Å². The number of fused-ring (bicyclic) bond motifs is 3. The Morgan fingerprint density at radius 2 is 1.89 bits per heavy atom. The van der Waals surface area contributed by atoms with Crippen molar-refractivity contribution in [3.63, 3.8) is 0 Å². The van der Waals surface area contributed by atoms with Crippen LogP contribution >= 0.6 is 11.3 Å². The molecule has 0 spiro atoms. The summed E-state index contributed by atoms with van der Waals surface area (Å²) in [5, 5.41) is 0.719. The van der Waals surface area contributed by atoms with E-state index >= 15 is 0 Å². The summed E-state index contributed by atoms with van der Waals surface area (Å²) in [4.78, 5) is 25.3. The van der Waals surface area contributed by atoms with E-state index in [9.17, 15) is 14.0 Å². The van der Waals surface area contributed by atoms with Crippen LogP contribution in [-0.2, 0) is 9.53 Å². The van der Waals surface area contributed by atoms with Crippen molar-refractivity contribution in [2.45, 2.75) is 5.92 Å². The lowest BCUT2D eigenvalue weighted by molar-refractivity contribution is -0.136. The third kappa shape index (κ3) is 2.76. The molecule has 2 heterocycles. The molecule has 0 bridgehead atoms. The Kier molecular flexibility index (Phi) is 4.16. The molecule has 1 aliphatic heterocycles. The standard InChI is InChI=1S/C20H14FNO4S/c1-25-19(23)16-14(10-6-8-11(21)9-7-10)15-17(26-18(16)22)12-4-2-3-5-13(12)27-20(15)24/h2-9,14H,22H2,1H3/t14-/m1/s1. The van der Waals surface area contributed by atoms with Gasteiger partial charge in [-0.25, -0.2) is 9.18 Å². The van der Waals surface area contributed by atoms with Crippen LogP contribution in [-0.4, -0.2) is 13.1 Å². The Labute approximate surface area is 157 Å². The summed E-state index contributed by atoms with van der Waals surface area (Å²) in [7, 11) is 1.22. The normalized spacial score (nSPS) is 16.0. The van der Waals surface area contributed by atoms with Gasteiger partial charge in [-0.05, 0) is 29.8 Å². The summed E-state index contributed by atoms with van der Waals surface area (Å²) in [5.74, 6) is -1.76. The maximum atomic E-state index is 13.4. The van der Waals surface area contributed by atoms with E-state index in [4.69, 9.17) is 15.2 Å². The molecule has 0 saturated carbocycles. The molecular weight excluding hydrogens is 369 g/mol. The first kappa shape index (κ1) is 17.2. The topological polar surface area (TPSA) is 78.6 Å². The number of ether oxygens (including phenoxy) is 2. The van der Waals surface area contributed by atoms with Crippen LogP contribution < -0.4 is 15.2 Å². The van der Waals surface area contributed by atoms with Gasteiger partial charge in [-0.1, -0.05) is 35.6 Å². The molecular formula is C20H14FNO4S. The molecule has 27 heavy (non-hydrogen) atoms. The molecule has 136 valence electrons. The highest BCUT2D eigenvalue weighted by Crippen LogP contribution is 2.44. The molecule has 4 rings (SSSR count). The van der Waals surface area contributed by atoms with Gasteiger partial charge in [0.25, 0.3) is 0 Å². The van der Waals surface area contributed by atoms with Gasteiger partial charge in [-0.3, -0.25) is 4.79 Å². The summed E-state index contributed by atoms with van der Waals surface area (Å²) >= 11 is 1.06. The number of hydrogen-bond acceptors (Lipinski definition) is 6. The van der Waals surface area contributed by atoms with Gasteiger partial charge in [0.1, 0.15) is 17.1 Å². The van der Waals surface area contributed by atoms with Gasteiger partial charge in [0.15, 0.2) is 0 Å². The van der Waals surface area contributed by atoms with Crippen LogP contribution in [0, 0.1) is 5.82 Å². The van der Waals surface area contributed by atoms with E-state index in [-0.39, 0.29) is 16.2 Å². The number of carbonyl (C=O) groups excluding carboxylic acids is 1. The Bertz CT molecular complexity index is 1150. The van der Waals surface area contributed by atoms with Gasteiger partial charge in [0.2, 0.25) is 10.6 Å². The summed E-state index contributed by atoms with van der Waals surface area (Å²) in [6, 6.07) is 12.9. The zero-order valence-electron chi connectivity index (χ0n) is 14.2. The number of halogens is 1. The van der Waals surface area contributed by atoms with Crippen LogP contribution in [0.3, 0.4) is 0 Å². The first-order valence-corrected chi connectivity index (χ1v) is 8.90. The first-order valence-electron chi connectivity index (χ1n) is 8.08. The number of methoxy groups -OCH3 is 1. The number of carbonyl (C=O) groups is 1. The predicted molar refractivity (Wildman–Crippen MR) is 100 cm³/mol. The highest BCUT2D eigenvalue weighted by atomic mass is 32.1. The van der Waals surface area contributed by atoms with Crippen LogP contribution in [0.1, 0.15) is 17.0 Å². The second kappa shape index (κ2) is 6.51. The van der Waals surface area contributed by atoms with Gasteiger partial charge >= 0.3 is 5.97 Å². The minimum atomic E-state index is -0.810. The Balaban J connectivity index is 2.07.